The first-order valence-electron chi connectivity index (χ1n) is 8.82. The molecule has 0 amide bonds. The van der Waals surface area contributed by atoms with Gasteiger partial charge >= 0.3 is 0 Å². The summed E-state index contributed by atoms with van der Waals surface area (Å²) >= 11 is 0. The van der Waals surface area contributed by atoms with Gasteiger partial charge in [0.25, 0.3) is 0 Å². The standard InChI is InChI=1S/C20H26O4/c1-13-14(2)24-20(23-13)9-7-19(8-10-20)6-5-15-11-16(21-3)12-17(22-4)18(15)19/h7,9,11-14H,5-6,8,10H2,1-4H3/t13-,14-,19+/m1/s1. The van der Waals surface area contributed by atoms with Crippen LogP contribution in [0.15, 0.2) is 24.3 Å². The largest absolute Gasteiger partial charge is 0.497 e. The third-order valence-corrected chi connectivity index (χ3v) is 5.96. The minimum atomic E-state index is -0.535. The molecule has 0 unspecified atom stereocenters. The molecule has 1 saturated heterocycles. The quantitative estimate of drug-likeness (QED) is 0.774. The molecule has 0 saturated carbocycles. The van der Waals surface area contributed by atoms with E-state index in [0.717, 1.165) is 37.2 Å². The van der Waals surface area contributed by atoms with E-state index < -0.39 is 5.79 Å². The van der Waals surface area contributed by atoms with Gasteiger partial charge in [-0.2, -0.15) is 0 Å². The molecular weight excluding hydrogens is 304 g/mol. The maximum absolute atomic E-state index is 6.13. The Morgan fingerprint density at radius 3 is 2.29 bits per heavy atom. The summed E-state index contributed by atoms with van der Waals surface area (Å²) in [5.74, 6) is 1.26. The van der Waals surface area contributed by atoms with Crippen LogP contribution in [-0.2, 0) is 21.3 Å². The van der Waals surface area contributed by atoms with Crippen LogP contribution < -0.4 is 9.47 Å². The molecule has 4 rings (SSSR count). The van der Waals surface area contributed by atoms with Gasteiger partial charge in [0, 0.05) is 23.5 Å². The number of benzene rings is 1. The highest BCUT2D eigenvalue weighted by molar-refractivity contribution is 5.56. The molecule has 1 aliphatic heterocycles. The van der Waals surface area contributed by atoms with Crippen molar-refractivity contribution < 1.29 is 18.9 Å². The fourth-order valence-corrected chi connectivity index (χ4v) is 4.48. The Labute approximate surface area is 143 Å². The summed E-state index contributed by atoms with van der Waals surface area (Å²) in [4.78, 5) is 0. The molecule has 0 bridgehead atoms. The van der Waals surface area contributed by atoms with Crippen LogP contribution >= 0.6 is 0 Å². The van der Waals surface area contributed by atoms with Crippen molar-refractivity contribution in [3.63, 3.8) is 0 Å². The molecule has 3 atom stereocenters. The Balaban J connectivity index is 1.71. The van der Waals surface area contributed by atoms with Crippen molar-refractivity contribution in [1.82, 2.24) is 0 Å². The monoisotopic (exact) mass is 330 g/mol. The highest BCUT2D eigenvalue weighted by Crippen LogP contribution is 2.53. The lowest BCUT2D eigenvalue weighted by Crippen LogP contribution is -2.37. The molecule has 1 aromatic carbocycles. The number of rotatable bonds is 2. The minimum Gasteiger partial charge on any atom is -0.497 e. The van der Waals surface area contributed by atoms with Crippen molar-refractivity contribution in [2.45, 2.75) is 62.9 Å². The first-order chi connectivity index (χ1) is 11.5. The molecule has 2 aliphatic carbocycles. The molecule has 1 aromatic rings. The van der Waals surface area contributed by atoms with E-state index in [1.165, 1.54) is 11.1 Å². The maximum Gasteiger partial charge on any atom is 0.188 e. The summed E-state index contributed by atoms with van der Waals surface area (Å²) in [6, 6.07) is 4.15. The summed E-state index contributed by atoms with van der Waals surface area (Å²) in [5, 5.41) is 0. The van der Waals surface area contributed by atoms with Crippen LogP contribution in [0.2, 0.25) is 0 Å². The average Bonchev–Trinajstić information content (AvgIpc) is 3.08. The topological polar surface area (TPSA) is 36.9 Å². The van der Waals surface area contributed by atoms with E-state index in [0.29, 0.717) is 0 Å². The first-order valence-corrected chi connectivity index (χ1v) is 8.82. The summed E-state index contributed by atoms with van der Waals surface area (Å²) in [7, 11) is 3.44. The van der Waals surface area contributed by atoms with Crippen molar-refractivity contribution in [3.05, 3.63) is 35.4 Å². The van der Waals surface area contributed by atoms with Gasteiger partial charge in [0.15, 0.2) is 5.79 Å². The van der Waals surface area contributed by atoms with E-state index in [4.69, 9.17) is 18.9 Å². The zero-order valence-corrected chi connectivity index (χ0v) is 14.9. The van der Waals surface area contributed by atoms with Crippen LogP contribution in [0.25, 0.3) is 0 Å². The zero-order valence-electron chi connectivity index (χ0n) is 14.9. The van der Waals surface area contributed by atoms with Gasteiger partial charge in [-0.1, -0.05) is 6.08 Å². The third-order valence-electron chi connectivity index (χ3n) is 5.96. The molecule has 0 N–H and O–H groups in total. The van der Waals surface area contributed by atoms with Crippen LogP contribution in [0.5, 0.6) is 11.5 Å². The number of hydrogen-bond donors (Lipinski definition) is 0. The van der Waals surface area contributed by atoms with Crippen molar-refractivity contribution in [1.29, 1.82) is 0 Å². The molecule has 0 aromatic heterocycles. The second-order valence-electron chi connectivity index (χ2n) is 7.31. The van der Waals surface area contributed by atoms with Gasteiger partial charge in [0.1, 0.15) is 11.5 Å². The zero-order chi connectivity index (χ0) is 16.9. The predicted octanol–water partition coefficient (Wildman–Crippen LogP) is 3.76. The van der Waals surface area contributed by atoms with E-state index in [1.807, 2.05) is 6.07 Å². The van der Waals surface area contributed by atoms with Gasteiger partial charge in [-0.05, 0) is 50.8 Å². The molecule has 4 heteroatoms. The van der Waals surface area contributed by atoms with Gasteiger partial charge in [-0.25, -0.2) is 0 Å². The Kier molecular flexibility index (Phi) is 3.66. The van der Waals surface area contributed by atoms with E-state index in [-0.39, 0.29) is 17.6 Å². The number of allylic oxidation sites excluding steroid dienone is 1. The van der Waals surface area contributed by atoms with Crippen LogP contribution in [0.4, 0.5) is 0 Å². The van der Waals surface area contributed by atoms with Gasteiger partial charge in [0.05, 0.1) is 26.4 Å². The predicted molar refractivity (Wildman–Crippen MR) is 91.7 cm³/mol. The van der Waals surface area contributed by atoms with Crippen molar-refractivity contribution in [2.75, 3.05) is 14.2 Å². The number of methoxy groups -OCH3 is 2. The number of aryl methyl sites for hydroxylation is 1. The van der Waals surface area contributed by atoms with Crippen LogP contribution in [0.3, 0.4) is 0 Å². The average molecular weight is 330 g/mol. The van der Waals surface area contributed by atoms with E-state index in [9.17, 15) is 0 Å². The molecule has 24 heavy (non-hydrogen) atoms. The molecule has 1 fully saturated rings. The lowest BCUT2D eigenvalue weighted by atomic mass is 9.72. The highest BCUT2D eigenvalue weighted by Gasteiger charge is 2.49. The molecule has 0 radical (unpaired) electrons. The van der Waals surface area contributed by atoms with Crippen LogP contribution in [-0.4, -0.2) is 32.2 Å². The number of hydrogen-bond acceptors (Lipinski definition) is 4. The van der Waals surface area contributed by atoms with Crippen molar-refractivity contribution in [3.8, 4) is 11.5 Å². The molecule has 1 heterocycles. The van der Waals surface area contributed by atoms with E-state index in [1.54, 1.807) is 14.2 Å². The lowest BCUT2D eigenvalue weighted by molar-refractivity contribution is -0.145. The molecule has 2 spiro atoms. The molecule has 130 valence electrons. The Morgan fingerprint density at radius 1 is 0.958 bits per heavy atom. The van der Waals surface area contributed by atoms with Gasteiger partial charge in [0.2, 0.25) is 0 Å². The lowest BCUT2D eigenvalue weighted by Gasteiger charge is -2.38. The Morgan fingerprint density at radius 2 is 1.71 bits per heavy atom. The first kappa shape index (κ1) is 16.0. The summed E-state index contributed by atoms with van der Waals surface area (Å²) in [5.41, 5.74) is 2.68. The van der Waals surface area contributed by atoms with E-state index >= 15 is 0 Å². The SMILES string of the molecule is COc1cc2c(c(OC)c1)[C@]1(C=CC3(CC1)O[C@H](C)[C@@H](C)O3)CC2. The number of fused-ring (bicyclic) bond motifs is 2. The van der Waals surface area contributed by atoms with Crippen LogP contribution in [0, 0.1) is 0 Å². The smallest absolute Gasteiger partial charge is 0.188 e. The maximum atomic E-state index is 6.13. The third kappa shape index (κ3) is 2.27. The van der Waals surface area contributed by atoms with E-state index in [2.05, 4.69) is 32.1 Å². The highest BCUT2D eigenvalue weighted by atomic mass is 16.8. The molecule has 3 aliphatic rings. The summed E-state index contributed by atoms with van der Waals surface area (Å²) in [6.07, 6.45) is 8.78. The normalized spacial score (nSPS) is 33.2. The second-order valence-corrected chi connectivity index (χ2v) is 7.31. The van der Waals surface area contributed by atoms with Gasteiger partial charge in [-0.3, -0.25) is 0 Å². The fraction of sp³-hybridized carbons (Fsp3) is 0.600. The summed E-state index contributed by atoms with van der Waals surface area (Å²) < 4.78 is 23.4. The molecule has 4 nitrogen and oxygen atoms in total. The van der Waals surface area contributed by atoms with Crippen LogP contribution in [0.1, 0.15) is 44.2 Å². The van der Waals surface area contributed by atoms with Gasteiger partial charge < -0.3 is 18.9 Å². The van der Waals surface area contributed by atoms with Gasteiger partial charge in [-0.15, -0.1) is 0 Å². The minimum absolute atomic E-state index is 0.0278. The Bertz CT molecular complexity index is 670. The summed E-state index contributed by atoms with van der Waals surface area (Å²) in [6.45, 7) is 4.16. The second kappa shape index (κ2) is 5.50. The molecular formula is C20H26O4. The number of ether oxygens (including phenoxy) is 4. The Hall–Kier alpha value is -1.52. The van der Waals surface area contributed by atoms with Crippen molar-refractivity contribution in [2.24, 2.45) is 0 Å². The van der Waals surface area contributed by atoms with Crippen molar-refractivity contribution >= 4 is 0 Å². The fourth-order valence-electron chi connectivity index (χ4n) is 4.48.